The quantitative estimate of drug-likeness (QED) is 0.223. The van der Waals surface area contributed by atoms with E-state index in [1.165, 1.54) is 0 Å². The molecule has 5 heteroatoms. The Morgan fingerprint density at radius 2 is 2.33 bits per heavy atom. The van der Waals surface area contributed by atoms with Crippen molar-refractivity contribution in [3.63, 3.8) is 0 Å². The van der Waals surface area contributed by atoms with E-state index in [4.69, 9.17) is 5.11 Å². The molecule has 52 valence electrons. The fourth-order valence-electron chi connectivity index (χ4n) is 0.173. The van der Waals surface area contributed by atoms with Gasteiger partial charge in [-0.25, -0.2) is 4.79 Å². The van der Waals surface area contributed by atoms with Gasteiger partial charge in [-0.05, 0) is 0 Å². The van der Waals surface area contributed by atoms with Gasteiger partial charge in [-0.1, -0.05) is 0 Å². The molecule has 0 heterocycles. The number of aliphatic hydroxyl groups is 1. The van der Waals surface area contributed by atoms with Crippen molar-refractivity contribution in [3.8, 4) is 0 Å². The molecule has 0 rings (SSSR count). The van der Waals surface area contributed by atoms with Crippen LogP contribution in [0, 0.1) is 0 Å². The van der Waals surface area contributed by atoms with Gasteiger partial charge in [0.15, 0.2) is 0 Å². The van der Waals surface area contributed by atoms with E-state index in [1.54, 1.807) is 0 Å². The average Bonchev–Trinajstić information content (AvgIpc) is 1.89. The Morgan fingerprint density at radius 1 is 1.67 bits per heavy atom. The molecule has 5 nitrogen and oxygen atoms in total. The molecule has 0 amide bonds. The first-order valence-electron chi connectivity index (χ1n) is 2.13. The summed E-state index contributed by atoms with van der Waals surface area (Å²) in [5.41, 5.74) is 0. The number of hydrogen-bond acceptors (Lipinski definition) is 5. The number of ether oxygens (including phenoxy) is 2. The maximum Gasteiger partial charge on any atom is 0.334 e. The summed E-state index contributed by atoms with van der Waals surface area (Å²) in [6.45, 7) is -1.00. The van der Waals surface area contributed by atoms with Gasteiger partial charge in [0.25, 0.3) is 6.47 Å². The highest BCUT2D eigenvalue weighted by Gasteiger charge is 1.96. The fraction of sp³-hybridized carbons (Fsp3) is 0.500. The van der Waals surface area contributed by atoms with Gasteiger partial charge >= 0.3 is 5.97 Å². The van der Waals surface area contributed by atoms with Crippen molar-refractivity contribution < 1.29 is 24.2 Å². The van der Waals surface area contributed by atoms with Crippen LogP contribution in [0.4, 0.5) is 0 Å². The Bertz CT molecular complexity index is 99.1. The first kappa shape index (κ1) is 7.90. The topological polar surface area (TPSA) is 72.8 Å². The summed E-state index contributed by atoms with van der Waals surface area (Å²) in [6.07, 6.45) is 0. The van der Waals surface area contributed by atoms with Gasteiger partial charge in [-0.15, -0.1) is 0 Å². The molecule has 0 saturated carbocycles. The predicted octanol–water partition coefficient (Wildman–Crippen LogP) is -1.35. The summed E-state index contributed by atoms with van der Waals surface area (Å²) in [6, 6.07) is 0. The van der Waals surface area contributed by atoms with Crippen molar-refractivity contribution in [1.82, 2.24) is 0 Å². The molecule has 0 bridgehead atoms. The molecule has 0 aliphatic carbocycles. The van der Waals surface area contributed by atoms with Crippen molar-refractivity contribution in [3.05, 3.63) is 0 Å². The molecular formula is C4H6O5. The van der Waals surface area contributed by atoms with Gasteiger partial charge in [0.2, 0.25) is 6.79 Å². The number of carbonyl (C=O) groups excluding carboxylic acids is 2. The van der Waals surface area contributed by atoms with E-state index in [0.717, 1.165) is 0 Å². The second-order valence-corrected chi connectivity index (χ2v) is 1.06. The van der Waals surface area contributed by atoms with E-state index in [0.29, 0.717) is 0 Å². The molecule has 0 spiro atoms. The van der Waals surface area contributed by atoms with Crippen LogP contribution in [0.1, 0.15) is 0 Å². The molecule has 9 heavy (non-hydrogen) atoms. The van der Waals surface area contributed by atoms with Gasteiger partial charge in [0.1, 0.15) is 6.61 Å². The van der Waals surface area contributed by atoms with E-state index >= 15 is 0 Å². The molecule has 0 radical (unpaired) electrons. The maximum atomic E-state index is 10.0. The van der Waals surface area contributed by atoms with Crippen LogP contribution in [0.3, 0.4) is 0 Å². The smallest absolute Gasteiger partial charge is 0.334 e. The summed E-state index contributed by atoms with van der Waals surface area (Å²) in [5, 5.41) is 8.02. The standard InChI is InChI=1S/C4H6O5/c5-1-4(7)9-3-8-2-6/h2,5H,1,3H2. The van der Waals surface area contributed by atoms with Gasteiger partial charge in [-0.3, -0.25) is 4.79 Å². The van der Waals surface area contributed by atoms with E-state index in [9.17, 15) is 9.59 Å². The monoisotopic (exact) mass is 134 g/mol. The van der Waals surface area contributed by atoms with Crippen LogP contribution >= 0.6 is 0 Å². The molecule has 0 fully saturated rings. The lowest BCUT2D eigenvalue weighted by atomic mass is 10.7. The third-order valence-electron chi connectivity index (χ3n) is 0.485. The van der Waals surface area contributed by atoms with Crippen molar-refractivity contribution in [2.45, 2.75) is 0 Å². The summed E-state index contributed by atoms with van der Waals surface area (Å²) in [5.74, 6) is -0.822. The van der Waals surface area contributed by atoms with E-state index in [2.05, 4.69) is 9.47 Å². The first-order valence-corrected chi connectivity index (χ1v) is 2.13. The lowest BCUT2D eigenvalue weighted by molar-refractivity contribution is -0.162. The fourth-order valence-corrected chi connectivity index (χ4v) is 0.173. The summed E-state index contributed by atoms with van der Waals surface area (Å²) in [7, 11) is 0. The Hall–Kier alpha value is -1.10. The highest BCUT2D eigenvalue weighted by Crippen LogP contribution is 1.75. The van der Waals surface area contributed by atoms with Gasteiger partial charge in [0, 0.05) is 0 Å². The van der Waals surface area contributed by atoms with Crippen molar-refractivity contribution >= 4 is 12.4 Å². The van der Waals surface area contributed by atoms with Crippen molar-refractivity contribution in [1.29, 1.82) is 0 Å². The van der Waals surface area contributed by atoms with Crippen molar-refractivity contribution in [2.24, 2.45) is 0 Å². The van der Waals surface area contributed by atoms with Crippen molar-refractivity contribution in [2.75, 3.05) is 13.4 Å². The molecule has 0 atom stereocenters. The van der Waals surface area contributed by atoms with Gasteiger partial charge in [0.05, 0.1) is 0 Å². The van der Waals surface area contributed by atoms with Crippen LogP contribution in [0.15, 0.2) is 0 Å². The molecule has 0 aromatic rings. The molecule has 0 saturated heterocycles. The Morgan fingerprint density at radius 3 is 2.78 bits per heavy atom. The van der Waals surface area contributed by atoms with Crippen LogP contribution in [0.25, 0.3) is 0 Å². The number of carbonyl (C=O) groups is 2. The predicted molar refractivity (Wildman–Crippen MR) is 25.2 cm³/mol. The van der Waals surface area contributed by atoms with Crippen LogP contribution in [0.2, 0.25) is 0 Å². The summed E-state index contributed by atoms with van der Waals surface area (Å²) < 4.78 is 8.06. The number of rotatable bonds is 4. The lowest BCUT2D eigenvalue weighted by Gasteiger charge is -1.97. The van der Waals surface area contributed by atoms with Crippen LogP contribution < -0.4 is 0 Å². The second kappa shape index (κ2) is 5.04. The highest BCUT2D eigenvalue weighted by atomic mass is 16.7. The molecular weight excluding hydrogens is 128 g/mol. The Kier molecular flexibility index (Phi) is 4.43. The normalized spacial score (nSPS) is 8.11. The zero-order valence-corrected chi connectivity index (χ0v) is 4.57. The average molecular weight is 134 g/mol. The largest absolute Gasteiger partial charge is 0.430 e. The van der Waals surface area contributed by atoms with Crippen LogP contribution in [0.5, 0.6) is 0 Å². The van der Waals surface area contributed by atoms with Crippen LogP contribution in [-0.4, -0.2) is 30.9 Å². The summed E-state index contributed by atoms with van der Waals surface area (Å²) >= 11 is 0. The van der Waals surface area contributed by atoms with Crippen LogP contribution in [-0.2, 0) is 19.1 Å². The zero-order valence-electron chi connectivity index (χ0n) is 4.57. The number of aliphatic hydroxyl groups excluding tert-OH is 1. The van der Waals surface area contributed by atoms with E-state index in [-0.39, 0.29) is 6.47 Å². The third-order valence-corrected chi connectivity index (χ3v) is 0.485. The Labute approximate surface area is 51.2 Å². The number of hydrogen-bond donors (Lipinski definition) is 1. The van der Waals surface area contributed by atoms with Gasteiger partial charge in [-0.2, -0.15) is 0 Å². The molecule has 0 aromatic heterocycles. The third kappa shape index (κ3) is 4.76. The number of esters is 1. The zero-order chi connectivity index (χ0) is 7.11. The Balaban J connectivity index is 3.06. The summed E-state index contributed by atoms with van der Waals surface area (Å²) in [4.78, 5) is 19.4. The van der Waals surface area contributed by atoms with E-state index in [1.807, 2.05) is 0 Å². The molecule has 0 unspecified atom stereocenters. The van der Waals surface area contributed by atoms with E-state index < -0.39 is 19.4 Å². The molecule has 0 aliphatic heterocycles. The molecule has 1 N–H and O–H groups in total. The first-order chi connectivity index (χ1) is 4.31. The van der Waals surface area contributed by atoms with Gasteiger partial charge < -0.3 is 14.6 Å². The second-order valence-electron chi connectivity index (χ2n) is 1.06. The molecule has 0 aliphatic rings. The minimum Gasteiger partial charge on any atom is -0.430 e. The lowest BCUT2D eigenvalue weighted by Crippen LogP contribution is -2.11. The minimum absolute atomic E-state index is 0.144. The highest BCUT2D eigenvalue weighted by molar-refractivity contribution is 5.70. The molecule has 0 aromatic carbocycles. The minimum atomic E-state index is -0.822. The maximum absolute atomic E-state index is 10.0. The SMILES string of the molecule is O=COCOC(=O)CO.